The molecule has 0 aliphatic carbocycles. The molecule has 2 nitrogen and oxygen atoms in total. The number of ether oxygens (including phenoxy) is 1. The summed E-state index contributed by atoms with van der Waals surface area (Å²) < 4.78 is 5.18. The summed E-state index contributed by atoms with van der Waals surface area (Å²) in [6, 6.07) is 7.48. The highest BCUT2D eigenvalue weighted by Crippen LogP contribution is 2.37. The lowest BCUT2D eigenvalue weighted by Gasteiger charge is -2.17. The zero-order chi connectivity index (χ0) is 10.1. The standard InChI is InChI=1S/C11H10O2S/c1-7(2)11-13-10(12)8-5-3-4-6-9(8)14-11/h3-6H,1-2H3. The summed E-state index contributed by atoms with van der Waals surface area (Å²) in [4.78, 5) is 12.5. The molecule has 1 aromatic rings. The monoisotopic (exact) mass is 206 g/mol. The van der Waals surface area contributed by atoms with Gasteiger partial charge < -0.3 is 4.74 Å². The third-order valence-corrected chi connectivity index (χ3v) is 3.16. The van der Waals surface area contributed by atoms with E-state index in [9.17, 15) is 4.79 Å². The van der Waals surface area contributed by atoms with E-state index in [1.165, 1.54) is 11.8 Å². The van der Waals surface area contributed by atoms with Crippen LogP contribution < -0.4 is 0 Å². The lowest BCUT2D eigenvalue weighted by Crippen LogP contribution is -2.10. The van der Waals surface area contributed by atoms with E-state index in [0.717, 1.165) is 10.5 Å². The molecule has 0 fully saturated rings. The van der Waals surface area contributed by atoms with Gasteiger partial charge in [0.15, 0.2) is 5.09 Å². The average Bonchev–Trinajstić information content (AvgIpc) is 2.17. The highest BCUT2D eigenvalue weighted by atomic mass is 32.2. The zero-order valence-electron chi connectivity index (χ0n) is 8.03. The van der Waals surface area contributed by atoms with Gasteiger partial charge in [-0.25, -0.2) is 4.79 Å². The Hall–Kier alpha value is -1.22. The van der Waals surface area contributed by atoms with E-state index in [0.29, 0.717) is 10.7 Å². The molecule has 3 heteroatoms. The summed E-state index contributed by atoms with van der Waals surface area (Å²) in [7, 11) is 0. The van der Waals surface area contributed by atoms with Crippen LogP contribution in [0.3, 0.4) is 0 Å². The van der Waals surface area contributed by atoms with Crippen LogP contribution in [0.15, 0.2) is 39.8 Å². The summed E-state index contributed by atoms with van der Waals surface area (Å²) in [6.45, 7) is 3.87. The molecule has 1 aromatic carbocycles. The Labute approximate surface area is 87.0 Å². The molecule has 0 amide bonds. The van der Waals surface area contributed by atoms with Crippen molar-refractivity contribution in [3.05, 3.63) is 40.5 Å². The number of thioether (sulfide) groups is 1. The summed E-state index contributed by atoms with van der Waals surface area (Å²) in [5, 5.41) is 0.703. The molecular formula is C11H10O2S. The third-order valence-electron chi connectivity index (χ3n) is 1.90. The molecule has 0 atom stereocenters. The van der Waals surface area contributed by atoms with E-state index in [1.807, 2.05) is 32.0 Å². The van der Waals surface area contributed by atoms with Gasteiger partial charge in [-0.2, -0.15) is 0 Å². The first-order valence-corrected chi connectivity index (χ1v) is 5.16. The van der Waals surface area contributed by atoms with Gasteiger partial charge in [-0.05, 0) is 31.6 Å². The molecule has 0 saturated heterocycles. The maximum Gasteiger partial charge on any atom is 0.345 e. The van der Waals surface area contributed by atoms with Gasteiger partial charge in [0, 0.05) is 4.90 Å². The van der Waals surface area contributed by atoms with Gasteiger partial charge in [-0.3, -0.25) is 0 Å². The fourth-order valence-electron chi connectivity index (χ4n) is 1.19. The summed E-state index contributed by atoms with van der Waals surface area (Å²) in [5.41, 5.74) is 1.68. The molecule has 0 radical (unpaired) electrons. The highest BCUT2D eigenvalue weighted by molar-refractivity contribution is 8.03. The van der Waals surface area contributed by atoms with Crippen LogP contribution in [0.4, 0.5) is 0 Å². The largest absolute Gasteiger partial charge is 0.415 e. The molecule has 0 bridgehead atoms. The number of esters is 1. The summed E-state index contributed by atoms with van der Waals surface area (Å²) in [5.74, 6) is -0.254. The number of rotatable bonds is 0. The summed E-state index contributed by atoms with van der Waals surface area (Å²) in [6.07, 6.45) is 0. The first-order chi connectivity index (χ1) is 6.68. The van der Waals surface area contributed by atoms with Crippen LogP contribution >= 0.6 is 11.8 Å². The third kappa shape index (κ3) is 1.55. The molecule has 1 aliphatic heterocycles. The number of carbonyl (C=O) groups excluding carboxylic acids is 1. The number of benzene rings is 1. The van der Waals surface area contributed by atoms with E-state index in [2.05, 4.69) is 0 Å². The molecule has 0 saturated carbocycles. The van der Waals surface area contributed by atoms with Crippen LogP contribution in [-0.4, -0.2) is 5.97 Å². The van der Waals surface area contributed by atoms with Gasteiger partial charge in [0.25, 0.3) is 0 Å². The van der Waals surface area contributed by atoms with Gasteiger partial charge >= 0.3 is 5.97 Å². The normalized spacial score (nSPS) is 14.7. The van der Waals surface area contributed by atoms with Crippen molar-refractivity contribution in [2.45, 2.75) is 18.7 Å². The number of carbonyl (C=O) groups is 1. The number of allylic oxidation sites excluding steroid dienone is 1. The van der Waals surface area contributed by atoms with Gasteiger partial charge in [-0.1, -0.05) is 23.9 Å². The number of cyclic esters (lactones) is 1. The number of hydrogen-bond acceptors (Lipinski definition) is 3. The fourth-order valence-corrected chi connectivity index (χ4v) is 2.12. The second kappa shape index (κ2) is 3.50. The first-order valence-electron chi connectivity index (χ1n) is 4.35. The minimum absolute atomic E-state index is 0.254. The van der Waals surface area contributed by atoms with Crippen molar-refractivity contribution in [3.63, 3.8) is 0 Å². The fraction of sp³-hybridized carbons (Fsp3) is 0.182. The molecule has 2 rings (SSSR count). The second-order valence-electron chi connectivity index (χ2n) is 3.28. The van der Waals surface area contributed by atoms with Crippen molar-refractivity contribution >= 4 is 17.7 Å². The van der Waals surface area contributed by atoms with Crippen molar-refractivity contribution in [1.82, 2.24) is 0 Å². The smallest absolute Gasteiger partial charge is 0.345 e. The molecule has 0 N–H and O–H groups in total. The second-order valence-corrected chi connectivity index (χ2v) is 4.29. The molecule has 1 heterocycles. The van der Waals surface area contributed by atoms with Crippen LogP contribution in [0.25, 0.3) is 0 Å². The van der Waals surface area contributed by atoms with Gasteiger partial charge in [0.05, 0.1) is 5.56 Å². The van der Waals surface area contributed by atoms with Crippen LogP contribution in [0.5, 0.6) is 0 Å². The van der Waals surface area contributed by atoms with E-state index in [-0.39, 0.29) is 5.97 Å². The maximum atomic E-state index is 11.5. The Bertz CT molecular complexity index is 417. The Morgan fingerprint density at radius 2 is 2.00 bits per heavy atom. The lowest BCUT2D eigenvalue weighted by molar-refractivity contribution is 0.0639. The van der Waals surface area contributed by atoms with Crippen LogP contribution in [-0.2, 0) is 4.74 Å². The quantitative estimate of drug-likeness (QED) is 0.610. The zero-order valence-corrected chi connectivity index (χ0v) is 8.85. The highest BCUT2D eigenvalue weighted by Gasteiger charge is 2.22. The molecule has 1 aliphatic rings. The van der Waals surface area contributed by atoms with E-state index >= 15 is 0 Å². The Morgan fingerprint density at radius 1 is 1.29 bits per heavy atom. The average molecular weight is 206 g/mol. The van der Waals surface area contributed by atoms with Crippen molar-refractivity contribution in [3.8, 4) is 0 Å². The van der Waals surface area contributed by atoms with Crippen LogP contribution in [0.1, 0.15) is 24.2 Å². The number of fused-ring (bicyclic) bond motifs is 1. The Morgan fingerprint density at radius 3 is 2.71 bits per heavy atom. The van der Waals surface area contributed by atoms with Crippen LogP contribution in [0.2, 0.25) is 0 Å². The van der Waals surface area contributed by atoms with E-state index in [4.69, 9.17) is 4.74 Å². The Kier molecular flexibility index (Phi) is 2.33. The topological polar surface area (TPSA) is 26.3 Å². The molecule has 0 unspecified atom stereocenters. The number of hydrogen-bond donors (Lipinski definition) is 0. The lowest BCUT2D eigenvalue weighted by atomic mass is 10.2. The van der Waals surface area contributed by atoms with E-state index < -0.39 is 0 Å². The Balaban J connectivity index is 2.49. The minimum atomic E-state index is -0.254. The van der Waals surface area contributed by atoms with Crippen molar-refractivity contribution < 1.29 is 9.53 Å². The summed E-state index contributed by atoms with van der Waals surface area (Å²) >= 11 is 1.51. The molecule has 0 aromatic heterocycles. The molecule has 0 spiro atoms. The van der Waals surface area contributed by atoms with Crippen LogP contribution in [0, 0.1) is 0 Å². The molecular weight excluding hydrogens is 196 g/mol. The van der Waals surface area contributed by atoms with Crippen molar-refractivity contribution in [1.29, 1.82) is 0 Å². The van der Waals surface area contributed by atoms with Gasteiger partial charge in [0.1, 0.15) is 0 Å². The maximum absolute atomic E-state index is 11.5. The van der Waals surface area contributed by atoms with E-state index in [1.54, 1.807) is 6.07 Å². The van der Waals surface area contributed by atoms with Gasteiger partial charge in [0.2, 0.25) is 0 Å². The van der Waals surface area contributed by atoms with Gasteiger partial charge in [-0.15, -0.1) is 0 Å². The predicted molar refractivity (Wildman–Crippen MR) is 56.1 cm³/mol. The first kappa shape index (κ1) is 9.34. The SMILES string of the molecule is CC(C)=C1OC(=O)c2ccccc2S1. The minimum Gasteiger partial charge on any atom is -0.415 e. The van der Waals surface area contributed by atoms with Crippen molar-refractivity contribution in [2.24, 2.45) is 0 Å². The predicted octanol–water partition coefficient (Wildman–Crippen LogP) is 3.20. The van der Waals surface area contributed by atoms with Crippen molar-refractivity contribution in [2.75, 3.05) is 0 Å². The molecule has 14 heavy (non-hydrogen) atoms. The molecule has 72 valence electrons.